The van der Waals surface area contributed by atoms with E-state index in [1.807, 2.05) is 6.92 Å². The molecular formula is C7H16N2O2S. The van der Waals surface area contributed by atoms with Crippen LogP contribution in [0.15, 0.2) is 0 Å². The van der Waals surface area contributed by atoms with Crippen LogP contribution < -0.4 is 5.73 Å². The van der Waals surface area contributed by atoms with E-state index in [9.17, 15) is 9.00 Å². The molecule has 72 valence electrons. The lowest BCUT2D eigenvalue weighted by atomic mass is 10.5. The van der Waals surface area contributed by atoms with Gasteiger partial charge in [-0.15, -0.1) is 0 Å². The van der Waals surface area contributed by atoms with Gasteiger partial charge in [-0.2, -0.15) is 0 Å². The minimum atomic E-state index is -1.09. The van der Waals surface area contributed by atoms with Crippen molar-refractivity contribution in [1.82, 2.24) is 4.90 Å². The third kappa shape index (κ3) is 4.46. The largest absolute Gasteiger partial charge is 0.345 e. The Balaban J connectivity index is 3.76. The molecule has 1 atom stereocenters. The van der Waals surface area contributed by atoms with Crippen molar-refractivity contribution in [2.75, 3.05) is 31.6 Å². The van der Waals surface area contributed by atoms with Gasteiger partial charge in [0.15, 0.2) is 0 Å². The molecule has 0 fully saturated rings. The smallest absolute Gasteiger partial charge is 0.234 e. The maximum Gasteiger partial charge on any atom is 0.234 e. The van der Waals surface area contributed by atoms with Gasteiger partial charge in [-0.25, -0.2) is 0 Å². The number of nitrogens with two attached hydrogens (primary N) is 1. The Kier molecular flexibility index (Phi) is 5.92. The van der Waals surface area contributed by atoms with Gasteiger partial charge in [0.1, 0.15) is 5.75 Å². The molecular weight excluding hydrogens is 176 g/mol. The number of amides is 1. The van der Waals surface area contributed by atoms with E-state index in [-0.39, 0.29) is 11.7 Å². The minimum Gasteiger partial charge on any atom is -0.345 e. The Hall–Kier alpha value is -0.420. The average Bonchev–Trinajstić information content (AvgIpc) is 2.03. The summed E-state index contributed by atoms with van der Waals surface area (Å²) in [4.78, 5) is 12.7. The fraction of sp³-hybridized carbons (Fsp3) is 0.857. The van der Waals surface area contributed by atoms with Crippen LogP contribution in [0.2, 0.25) is 0 Å². The van der Waals surface area contributed by atoms with Crippen LogP contribution in [0.4, 0.5) is 0 Å². The second kappa shape index (κ2) is 6.14. The van der Waals surface area contributed by atoms with Crippen LogP contribution >= 0.6 is 0 Å². The molecule has 0 aliphatic carbocycles. The third-order valence-electron chi connectivity index (χ3n) is 1.53. The van der Waals surface area contributed by atoms with E-state index in [0.717, 1.165) is 0 Å². The lowest BCUT2D eigenvalue weighted by molar-refractivity contribution is -0.126. The number of hydrogen-bond donors (Lipinski definition) is 1. The summed E-state index contributed by atoms with van der Waals surface area (Å²) in [5.41, 5.74) is 5.20. The Bertz CT molecular complexity index is 173. The summed E-state index contributed by atoms with van der Waals surface area (Å²) < 4.78 is 11.1. The fourth-order valence-corrected chi connectivity index (χ4v) is 1.53. The van der Waals surface area contributed by atoms with E-state index >= 15 is 0 Å². The predicted octanol–water partition coefficient (Wildman–Crippen LogP) is -0.828. The fourth-order valence-electron chi connectivity index (χ4n) is 0.628. The van der Waals surface area contributed by atoms with Crippen molar-refractivity contribution in [3.8, 4) is 0 Å². The second-order valence-corrected chi connectivity index (χ2v) is 4.06. The molecule has 0 saturated carbocycles. The monoisotopic (exact) mass is 192 g/mol. The molecule has 0 aliphatic heterocycles. The topological polar surface area (TPSA) is 63.4 Å². The highest BCUT2D eigenvalue weighted by Gasteiger charge is 2.10. The van der Waals surface area contributed by atoms with E-state index in [4.69, 9.17) is 5.73 Å². The second-order valence-electron chi connectivity index (χ2n) is 2.48. The summed E-state index contributed by atoms with van der Waals surface area (Å²) in [7, 11) is 0.608. The van der Waals surface area contributed by atoms with Crippen molar-refractivity contribution in [2.24, 2.45) is 5.73 Å². The number of nitrogens with zero attached hydrogens (tertiary/aromatic N) is 1. The molecule has 0 rings (SSSR count). The molecule has 0 bridgehead atoms. The van der Waals surface area contributed by atoms with E-state index < -0.39 is 10.8 Å². The van der Waals surface area contributed by atoms with Crippen molar-refractivity contribution in [3.05, 3.63) is 0 Å². The molecule has 0 radical (unpaired) electrons. The van der Waals surface area contributed by atoms with Crippen molar-refractivity contribution >= 4 is 16.7 Å². The van der Waals surface area contributed by atoms with E-state index in [0.29, 0.717) is 18.8 Å². The Morgan fingerprint density at radius 3 is 2.58 bits per heavy atom. The Morgan fingerprint density at radius 2 is 2.17 bits per heavy atom. The molecule has 0 aliphatic rings. The molecule has 2 N–H and O–H groups in total. The third-order valence-corrected chi connectivity index (χ3v) is 2.79. The maximum absolute atomic E-state index is 11.2. The molecule has 0 saturated heterocycles. The molecule has 1 unspecified atom stereocenters. The molecule has 0 spiro atoms. The molecule has 5 heteroatoms. The summed E-state index contributed by atoms with van der Waals surface area (Å²) in [6.07, 6.45) is 0. The standard InChI is InChI=1S/C7H16N2O2S/c1-3-9(2)7(10)6-12(11)5-4-8/h3-6,8H2,1-2H3. The molecule has 0 aromatic carbocycles. The summed E-state index contributed by atoms with van der Waals surface area (Å²) in [6, 6.07) is 0. The van der Waals surface area contributed by atoms with E-state index in [1.165, 1.54) is 0 Å². The van der Waals surface area contributed by atoms with Gasteiger partial charge in [-0.3, -0.25) is 9.00 Å². The maximum atomic E-state index is 11.2. The lowest BCUT2D eigenvalue weighted by Crippen LogP contribution is -2.31. The van der Waals surface area contributed by atoms with Crippen molar-refractivity contribution in [2.45, 2.75) is 6.92 Å². The number of carbonyl (C=O) groups excluding carboxylic acids is 1. The van der Waals surface area contributed by atoms with Crippen LogP contribution in [0, 0.1) is 0 Å². The quantitative estimate of drug-likeness (QED) is 0.618. The van der Waals surface area contributed by atoms with Crippen LogP contribution in [0.5, 0.6) is 0 Å². The zero-order valence-electron chi connectivity index (χ0n) is 7.58. The zero-order chi connectivity index (χ0) is 9.56. The summed E-state index contributed by atoms with van der Waals surface area (Å²) in [5, 5.41) is 0. The van der Waals surface area contributed by atoms with Crippen molar-refractivity contribution in [3.63, 3.8) is 0 Å². The number of hydrogen-bond acceptors (Lipinski definition) is 3. The molecule has 4 nitrogen and oxygen atoms in total. The highest BCUT2D eigenvalue weighted by molar-refractivity contribution is 7.85. The summed E-state index contributed by atoms with van der Waals surface area (Å²) in [5.74, 6) is 0.425. The average molecular weight is 192 g/mol. The first-order valence-corrected chi connectivity index (χ1v) is 5.39. The molecule has 12 heavy (non-hydrogen) atoms. The first-order valence-electron chi connectivity index (χ1n) is 3.90. The molecule has 0 aromatic heterocycles. The molecule has 1 amide bonds. The zero-order valence-corrected chi connectivity index (χ0v) is 8.39. The number of rotatable bonds is 5. The van der Waals surface area contributed by atoms with Gasteiger partial charge in [0.2, 0.25) is 5.91 Å². The predicted molar refractivity (Wildman–Crippen MR) is 50.2 cm³/mol. The Morgan fingerprint density at radius 1 is 1.58 bits per heavy atom. The van der Waals surface area contributed by atoms with Gasteiger partial charge < -0.3 is 10.6 Å². The first kappa shape index (κ1) is 11.6. The Labute approximate surface area is 75.6 Å². The SMILES string of the molecule is CCN(C)C(=O)CS(=O)CCN. The first-order chi connectivity index (χ1) is 5.61. The summed E-state index contributed by atoms with van der Waals surface area (Å²) >= 11 is 0. The molecule has 0 aromatic rings. The molecule has 0 heterocycles. The van der Waals surface area contributed by atoms with E-state index in [1.54, 1.807) is 11.9 Å². The number of carbonyl (C=O) groups is 1. The van der Waals surface area contributed by atoms with Gasteiger partial charge >= 0.3 is 0 Å². The van der Waals surface area contributed by atoms with Crippen LogP contribution in [-0.2, 0) is 15.6 Å². The van der Waals surface area contributed by atoms with Crippen molar-refractivity contribution < 1.29 is 9.00 Å². The van der Waals surface area contributed by atoms with Crippen LogP contribution in [0.1, 0.15) is 6.92 Å². The van der Waals surface area contributed by atoms with Crippen LogP contribution in [-0.4, -0.2) is 46.7 Å². The van der Waals surface area contributed by atoms with Crippen molar-refractivity contribution in [1.29, 1.82) is 0 Å². The van der Waals surface area contributed by atoms with Gasteiger partial charge in [-0.1, -0.05) is 0 Å². The normalized spacial score (nSPS) is 12.6. The van der Waals surface area contributed by atoms with Crippen LogP contribution in [0.3, 0.4) is 0 Å². The minimum absolute atomic E-state index is 0.0794. The summed E-state index contributed by atoms with van der Waals surface area (Å²) in [6.45, 7) is 2.90. The van der Waals surface area contributed by atoms with Gasteiger partial charge in [0.25, 0.3) is 0 Å². The van der Waals surface area contributed by atoms with Gasteiger partial charge in [0, 0.05) is 36.7 Å². The van der Waals surface area contributed by atoms with Crippen LogP contribution in [0.25, 0.3) is 0 Å². The highest BCUT2D eigenvalue weighted by Crippen LogP contribution is 1.88. The van der Waals surface area contributed by atoms with E-state index in [2.05, 4.69) is 0 Å². The lowest BCUT2D eigenvalue weighted by Gasteiger charge is -2.13. The highest BCUT2D eigenvalue weighted by atomic mass is 32.2. The van der Waals surface area contributed by atoms with Gasteiger partial charge in [-0.05, 0) is 6.92 Å². The van der Waals surface area contributed by atoms with Gasteiger partial charge in [0.05, 0.1) is 0 Å².